The summed E-state index contributed by atoms with van der Waals surface area (Å²) in [6, 6.07) is -0.182. The maximum atomic E-state index is 12.1. The van der Waals surface area contributed by atoms with Crippen molar-refractivity contribution in [3.8, 4) is 0 Å². The molecule has 114 valence electrons. The monoisotopic (exact) mass is 284 g/mol. The van der Waals surface area contributed by atoms with Crippen molar-refractivity contribution in [2.24, 2.45) is 5.41 Å². The highest BCUT2D eigenvalue weighted by atomic mass is 16.5. The van der Waals surface area contributed by atoms with Crippen LogP contribution in [0, 0.1) is 5.41 Å². The summed E-state index contributed by atoms with van der Waals surface area (Å²) in [5.74, 6) is -0.836. The molecule has 0 aromatic rings. The van der Waals surface area contributed by atoms with Gasteiger partial charge in [0.15, 0.2) is 0 Å². The van der Waals surface area contributed by atoms with E-state index < -0.39 is 11.4 Å². The third-order valence-corrected chi connectivity index (χ3v) is 4.79. The minimum atomic E-state index is -0.836. The first-order valence-corrected chi connectivity index (χ1v) is 7.22. The Hall–Kier alpha value is -1.30. The van der Waals surface area contributed by atoms with E-state index in [0.717, 1.165) is 25.7 Å². The number of nitrogens with one attached hydrogen (secondary N) is 1. The quantitative estimate of drug-likeness (QED) is 0.819. The Balaban J connectivity index is 1.86. The molecule has 1 heterocycles. The minimum absolute atomic E-state index is 0.182. The molecule has 1 saturated heterocycles. The maximum Gasteiger partial charge on any atom is 0.317 e. The molecule has 6 heteroatoms. The Kier molecular flexibility index (Phi) is 4.22. The second-order valence-electron chi connectivity index (χ2n) is 6.29. The number of methoxy groups -OCH3 is 1. The molecule has 0 aromatic carbocycles. The van der Waals surface area contributed by atoms with E-state index in [4.69, 9.17) is 4.74 Å². The van der Waals surface area contributed by atoms with Gasteiger partial charge in [0.1, 0.15) is 0 Å². The summed E-state index contributed by atoms with van der Waals surface area (Å²) >= 11 is 0. The first-order chi connectivity index (χ1) is 9.41. The predicted octanol–water partition coefficient (Wildman–Crippen LogP) is 1.45. The van der Waals surface area contributed by atoms with Gasteiger partial charge in [-0.25, -0.2) is 4.79 Å². The van der Waals surface area contributed by atoms with Crippen LogP contribution in [0.4, 0.5) is 4.79 Å². The van der Waals surface area contributed by atoms with E-state index in [1.54, 1.807) is 18.9 Å². The van der Waals surface area contributed by atoms with Crippen molar-refractivity contribution in [1.29, 1.82) is 0 Å². The number of carboxylic acids is 1. The molecule has 0 spiro atoms. The molecule has 0 bridgehead atoms. The van der Waals surface area contributed by atoms with Crippen molar-refractivity contribution in [1.82, 2.24) is 10.2 Å². The number of carboxylic acid groups (broad SMARTS) is 1. The van der Waals surface area contributed by atoms with Crippen LogP contribution in [0.25, 0.3) is 0 Å². The lowest BCUT2D eigenvalue weighted by atomic mass is 9.90. The first kappa shape index (κ1) is 15.1. The molecular formula is C14H24N2O4. The normalized spacial score (nSPS) is 28.6. The van der Waals surface area contributed by atoms with Crippen LogP contribution < -0.4 is 5.32 Å². The second-order valence-corrected chi connectivity index (χ2v) is 6.29. The summed E-state index contributed by atoms with van der Waals surface area (Å²) in [6.45, 7) is 2.96. The van der Waals surface area contributed by atoms with Crippen molar-refractivity contribution in [3.05, 3.63) is 0 Å². The summed E-state index contributed by atoms with van der Waals surface area (Å²) < 4.78 is 5.56. The van der Waals surface area contributed by atoms with Gasteiger partial charge in [0.2, 0.25) is 0 Å². The Morgan fingerprint density at radius 3 is 2.45 bits per heavy atom. The van der Waals surface area contributed by atoms with E-state index in [1.807, 2.05) is 0 Å². The van der Waals surface area contributed by atoms with Gasteiger partial charge in [-0.1, -0.05) is 12.8 Å². The van der Waals surface area contributed by atoms with Crippen LogP contribution in [0.5, 0.6) is 0 Å². The number of nitrogens with zero attached hydrogens (tertiary/aromatic N) is 1. The number of rotatable bonds is 4. The molecule has 2 aliphatic rings. The molecule has 0 radical (unpaired) electrons. The van der Waals surface area contributed by atoms with E-state index in [9.17, 15) is 14.7 Å². The number of hydrogen-bond donors (Lipinski definition) is 2. The number of carbonyl (C=O) groups excluding carboxylic acids is 1. The Morgan fingerprint density at radius 1 is 1.30 bits per heavy atom. The van der Waals surface area contributed by atoms with Crippen LogP contribution in [0.1, 0.15) is 39.0 Å². The third kappa shape index (κ3) is 2.90. The lowest BCUT2D eigenvalue weighted by Gasteiger charge is -2.29. The zero-order valence-corrected chi connectivity index (χ0v) is 12.3. The molecule has 2 fully saturated rings. The molecule has 1 aliphatic heterocycles. The Bertz CT molecular complexity index is 393. The first-order valence-electron chi connectivity index (χ1n) is 7.22. The van der Waals surface area contributed by atoms with Crippen molar-refractivity contribution >= 4 is 12.0 Å². The summed E-state index contributed by atoms with van der Waals surface area (Å²) in [7, 11) is 1.69. The van der Waals surface area contributed by atoms with Gasteiger partial charge < -0.3 is 20.1 Å². The lowest BCUT2D eigenvalue weighted by molar-refractivity contribution is -0.147. The number of likely N-dealkylation sites (tertiary alicyclic amines) is 1. The molecule has 20 heavy (non-hydrogen) atoms. The van der Waals surface area contributed by atoms with Gasteiger partial charge in [-0.3, -0.25) is 4.79 Å². The van der Waals surface area contributed by atoms with Crippen molar-refractivity contribution in [2.45, 2.75) is 44.6 Å². The number of aliphatic carboxylic acids is 1. The standard InChI is InChI=1S/C14H24N2O4/c1-13(11(17)18)7-8-16(10-13)12(19)15-9-14(20-2)5-3-4-6-14/h3-10H2,1-2H3,(H,15,19)(H,17,18). The van der Waals surface area contributed by atoms with Crippen LogP contribution >= 0.6 is 0 Å². The highest BCUT2D eigenvalue weighted by molar-refractivity contribution is 5.79. The van der Waals surface area contributed by atoms with Gasteiger partial charge in [0, 0.05) is 26.7 Å². The van der Waals surface area contributed by atoms with Gasteiger partial charge in [-0.05, 0) is 26.2 Å². The Labute approximate surface area is 119 Å². The molecule has 1 unspecified atom stereocenters. The van der Waals surface area contributed by atoms with E-state index in [-0.39, 0.29) is 18.2 Å². The summed E-state index contributed by atoms with van der Waals surface area (Å²) in [5, 5.41) is 12.1. The molecule has 2 amide bonds. The molecule has 2 rings (SSSR count). The van der Waals surface area contributed by atoms with E-state index in [0.29, 0.717) is 19.5 Å². The van der Waals surface area contributed by atoms with Gasteiger partial charge in [0.25, 0.3) is 0 Å². The lowest BCUT2D eigenvalue weighted by Crippen LogP contribution is -2.47. The van der Waals surface area contributed by atoms with Gasteiger partial charge in [-0.2, -0.15) is 0 Å². The molecule has 1 saturated carbocycles. The average Bonchev–Trinajstić information content (AvgIpc) is 3.04. The number of hydrogen-bond acceptors (Lipinski definition) is 3. The van der Waals surface area contributed by atoms with Crippen LogP contribution in [0.2, 0.25) is 0 Å². The van der Waals surface area contributed by atoms with Crippen molar-refractivity contribution in [3.63, 3.8) is 0 Å². The molecule has 6 nitrogen and oxygen atoms in total. The number of ether oxygens (including phenoxy) is 1. The largest absolute Gasteiger partial charge is 0.481 e. The summed E-state index contributed by atoms with van der Waals surface area (Å²) in [6.07, 6.45) is 4.70. The summed E-state index contributed by atoms with van der Waals surface area (Å²) in [5.41, 5.74) is -1.05. The number of amides is 2. The van der Waals surface area contributed by atoms with E-state index in [2.05, 4.69) is 5.32 Å². The second kappa shape index (κ2) is 5.60. The fraction of sp³-hybridized carbons (Fsp3) is 0.857. The van der Waals surface area contributed by atoms with E-state index in [1.165, 1.54) is 0 Å². The molecular weight excluding hydrogens is 260 g/mol. The molecule has 2 N–H and O–H groups in total. The smallest absolute Gasteiger partial charge is 0.317 e. The van der Waals surface area contributed by atoms with Crippen LogP contribution in [-0.2, 0) is 9.53 Å². The van der Waals surface area contributed by atoms with E-state index >= 15 is 0 Å². The molecule has 1 atom stereocenters. The van der Waals surface area contributed by atoms with Gasteiger partial charge >= 0.3 is 12.0 Å². The minimum Gasteiger partial charge on any atom is -0.481 e. The van der Waals surface area contributed by atoms with Gasteiger partial charge in [0.05, 0.1) is 11.0 Å². The van der Waals surface area contributed by atoms with Gasteiger partial charge in [-0.15, -0.1) is 0 Å². The highest BCUT2D eigenvalue weighted by Gasteiger charge is 2.42. The fourth-order valence-corrected chi connectivity index (χ4v) is 3.13. The zero-order chi connectivity index (χ0) is 14.8. The number of carbonyl (C=O) groups is 2. The van der Waals surface area contributed by atoms with Crippen molar-refractivity contribution in [2.75, 3.05) is 26.7 Å². The topological polar surface area (TPSA) is 78.9 Å². The Morgan fingerprint density at radius 2 is 1.95 bits per heavy atom. The average molecular weight is 284 g/mol. The predicted molar refractivity (Wildman–Crippen MR) is 73.5 cm³/mol. The number of urea groups is 1. The van der Waals surface area contributed by atoms with Crippen molar-refractivity contribution < 1.29 is 19.4 Å². The van der Waals surface area contributed by atoms with Crippen LogP contribution in [0.3, 0.4) is 0 Å². The van der Waals surface area contributed by atoms with Crippen LogP contribution in [0.15, 0.2) is 0 Å². The molecule has 0 aromatic heterocycles. The highest BCUT2D eigenvalue weighted by Crippen LogP contribution is 2.33. The zero-order valence-electron chi connectivity index (χ0n) is 12.3. The summed E-state index contributed by atoms with van der Waals surface area (Å²) in [4.78, 5) is 24.9. The van der Waals surface area contributed by atoms with Crippen LogP contribution in [-0.4, -0.2) is 54.4 Å². The molecule has 1 aliphatic carbocycles. The fourth-order valence-electron chi connectivity index (χ4n) is 3.13. The third-order valence-electron chi connectivity index (χ3n) is 4.79. The SMILES string of the molecule is COC1(CNC(=O)N2CCC(C)(C(=O)O)C2)CCCC1. The maximum absolute atomic E-state index is 12.1.